The van der Waals surface area contributed by atoms with Crippen LogP contribution in [0.3, 0.4) is 0 Å². The zero-order chi connectivity index (χ0) is 17.2. The summed E-state index contributed by atoms with van der Waals surface area (Å²) in [6.07, 6.45) is 2.34. The lowest BCUT2D eigenvalue weighted by molar-refractivity contribution is -0.325. The van der Waals surface area contributed by atoms with Gasteiger partial charge >= 0.3 is 23.9 Å². The second-order valence-corrected chi connectivity index (χ2v) is 3.75. The standard InChI is InChI=1S/C14H18O8/c1-4-11(17)20-14(6-3,21-12(18)5-2)22-13(19)10(9-16)7-8-15/h4-5,7,15-16H,1-2,6,8-9H2,3H3/b10-7+. The molecule has 0 bridgehead atoms. The Morgan fingerprint density at radius 1 is 1.05 bits per heavy atom. The molecule has 0 rings (SSSR count). The predicted octanol–water partition coefficient (Wildman–Crippen LogP) is -0.0372. The lowest BCUT2D eigenvalue weighted by Crippen LogP contribution is -2.44. The summed E-state index contributed by atoms with van der Waals surface area (Å²) in [6.45, 7) is 6.52. The van der Waals surface area contributed by atoms with E-state index in [9.17, 15) is 14.4 Å². The van der Waals surface area contributed by atoms with Gasteiger partial charge in [-0.1, -0.05) is 20.1 Å². The molecule has 22 heavy (non-hydrogen) atoms. The average Bonchev–Trinajstić information content (AvgIpc) is 2.51. The largest absolute Gasteiger partial charge is 0.423 e. The van der Waals surface area contributed by atoms with E-state index in [4.69, 9.17) is 24.4 Å². The third kappa shape index (κ3) is 5.90. The number of aliphatic hydroxyl groups is 2. The lowest BCUT2D eigenvalue weighted by atomic mass is 10.2. The summed E-state index contributed by atoms with van der Waals surface area (Å²) in [6, 6.07) is 0. The zero-order valence-corrected chi connectivity index (χ0v) is 12.1. The van der Waals surface area contributed by atoms with Crippen molar-refractivity contribution in [3.8, 4) is 0 Å². The molecule has 0 aliphatic rings. The van der Waals surface area contributed by atoms with Crippen LogP contribution in [0.4, 0.5) is 0 Å². The van der Waals surface area contributed by atoms with E-state index in [1.54, 1.807) is 0 Å². The van der Waals surface area contributed by atoms with E-state index in [0.717, 1.165) is 18.2 Å². The van der Waals surface area contributed by atoms with E-state index in [0.29, 0.717) is 0 Å². The molecule has 8 heteroatoms. The van der Waals surface area contributed by atoms with Crippen LogP contribution in [0.5, 0.6) is 0 Å². The second kappa shape index (κ2) is 9.48. The van der Waals surface area contributed by atoms with Gasteiger partial charge in [0.1, 0.15) is 0 Å². The van der Waals surface area contributed by atoms with Crippen LogP contribution >= 0.6 is 0 Å². The molecule has 0 radical (unpaired) electrons. The van der Waals surface area contributed by atoms with Crippen LogP contribution < -0.4 is 0 Å². The molecule has 0 aromatic heterocycles. The number of carbonyl (C=O) groups is 3. The number of hydrogen-bond donors (Lipinski definition) is 2. The second-order valence-electron chi connectivity index (χ2n) is 3.75. The molecule has 0 heterocycles. The Bertz CT molecular complexity index is 455. The highest BCUT2D eigenvalue weighted by atomic mass is 16.9. The van der Waals surface area contributed by atoms with Crippen molar-refractivity contribution >= 4 is 17.9 Å². The van der Waals surface area contributed by atoms with Crippen LogP contribution in [0.2, 0.25) is 0 Å². The third-order valence-electron chi connectivity index (χ3n) is 2.30. The quantitative estimate of drug-likeness (QED) is 0.346. The maximum absolute atomic E-state index is 11.9. The van der Waals surface area contributed by atoms with E-state index in [-0.39, 0.29) is 12.0 Å². The van der Waals surface area contributed by atoms with Crippen LogP contribution in [0, 0.1) is 0 Å². The Balaban J connectivity index is 5.44. The van der Waals surface area contributed by atoms with Gasteiger partial charge < -0.3 is 24.4 Å². The molecular weight excluding hydrogens is 296 g/mol. The molecule has 0 atom stereocenters. The number of hydrogen-bond acceptors (Lipinski definition) is 8. The van der Waals surface area contributed by atoms with E-state index < -0.39 is 37.1 Å². The number of aliphatic hydroxyl groups excluding tert-OH is 2. The minimum absolute atomic E-state index is 0.226. The molecule has 0 aromatic rings. The van der Waals surface area contributed by atoms with Gasteiger partial charge in [0.05, 0.1) is 25.2 Å². The number of esters is 3. The van der Waals surface area contributed by atoms with Crippen LogP contribution in [-0.4, -0.2) is 47.3 Å². The van der Waals surface area contributed by atoms with Gasteiger partial charge in [0.25, 0.3) is 0 Å². The summed E-state index contributed by atoms with van der Waals surface area (Å²) in [7, 11) is 0. The average molecular weight is 314 g/mol. The van der Waals surface area contributed by atoms with Crippen molar-refractivity contribution < 1.29 is 38.8 Å². The number of carbonyl (C=O) groups excluding carboxylic acids is 3. The fraction of sp³-hybridized carbons (Fsp3) is 0.357. The first kappa shape index (κ1) is 19.6. The van der Waals surface area contributed by atoms with E-state index in [1.807, 2.05) is 0 Å². The minimum Gasteiger partial charge on any atom is -0.392 e. The van der Waals surface area contributed by atoms with Gasteiger partial charge in [0.15, 0.2) is 0 Å². The van der Waals surface area contributed by atoms with E-state index in [1.165, 1.54) is 6.92 Å². The summed E-state index contributed by atoms with van der Waals surface area (Å²) < 4.78 is 14.5. The fourth-order valence-corrected chi connectivity index (χ4v) is 1.20. The Morgan fingerprint density at radius 3 is 1.86 bits per heavy atom. The van der Waals surface area contributed by atoms with Crippen molar-refractivity contribution in [2.45, 2.75) is 19.3 Å². The van der Waals surface area contributed by atoms with Gasteiger partial charge in [0, 0.05) is 12.2 Å². The summed E-state index contributed by atoms with van der Waals surface area (Å²) in [5.41, 5.74) is -0.301. The Hall–Kier alpha value is -2.45. The zero-order valence-electron chi connectivity index (χ0n) is 12.1. The van der Waals surface area contributed by atoms with Gasteiger partial charge in [-0.3, -0.25) is 0 Å². The third-order valence-corrected chi connectivity index (χ3v) is 2.30. The maximum atomic E-state index is 11.9. The minimum atomic E-state index is -2.34. The normalized spacial score (nSPS) is 11.3. The topological polar surface area (TPSA) is 119 Å². The van der Waals surface area contributed by atoms with E-state index in [2.05, 4.69) is 13.2 Å². The molecular formula is C14H18O8. The van der Waals surface area contributed by atoms with Crippen LogP contribution in [0.1, 0.15) is 13.3 Å². The Kier molecular flexibility index (Phi) is 8.42. The van der Waals surface area contributed by atoms with Crippen molar-refractivity contribution in [3.05, 3.63) is 37.0 Å². The van der Waals surface area contributed by atoms with Gasteiger partial charge in [-0.25, -0.2) is 14.4 Å². The molecule has 0 saturated carbocycles. The molecule has 122 valence electrons. The first-order valence-electron chi connectivity index (χ1n) is 6.22. The van der Waals surface area contributed by atoms with Crippen molar-refractivity contribution in [1.82, 2.24) is 0 Å². The Morgan fingerprint density at radius 2 is 1.55 bits per heavy atom. The monoisotopic (exact) mass is 314 g/mol. The van der Waals surface area contributed by atoms with Gasteiger partial charge in [-0.2, -0.15) is 0 Å². The maximum Gasteiger partial charge on any atom is 0.423 e. The van der Waals surface area contributed by atoms with Gasteiger partial charge in [-0.15, -0.1) is 0 Å². The number of rotatable bonds is 9. The molecule has 0 aliphatic heterocycles. The van der Waals surface area contributed by atoms with E-state index >= 15 is 0 Å². The molecule has 0 spiro atoms. The molecule has 8 nitrogen and oxygen atoms in total. The Labute approximate surface area is 127 Å². The highest BCUT2D eigenvalue weighted by Gasteiger charge is 2.41. The molecule has 0 aromatic carbocycles. The first-order valence-corrected chi connectivity index (χ1v) is 6.22. The first-order chi connectivity index (χ1) is 10.4. The highest BCUT2D eigenvalue weighted by Crippen LogP contribution is 2.23. The van der Waals surface area contributed by atoms with Gasteiger partial charge in [0.2, 0.25) is 0 Å². The molecule has 0 saturated heterocycles. The van der Waals surface area contributed by atoms with Crippen molar-refractivity contribution in [3.63, 3.8) is 0 Å². The predicted molar refractivity (Wildman–Crippen MR) is 73.9 cm³/mol. The van der Waals surface area contributed by atoms with Crippen molar-refractivity contribution in [2.75, 3.05) is 13.2 Å². The summed E-state index contributed by atoms with van der Waals surface area (Å²) in [5, 5.41) is 17.8. The molecule has 0 amide bonds. The smallest absolute Gasteiger partial charge is 0.392 e. The molecule has 0 aliphatic carbocycles. The fourth-order valence-electron chi connectivity index (χ4n) is 1.20. The number of ether oxygens (including phenoxy) is 3. The van der Waals surface area contributed by atoms with Gasteiger partial charge in [-0.05, 0) is 6.08 Å². The van der Waals surface area contributed by atoms with Crippen LogP contribution in [-0.2, 0) is 28.6 Å². The highest BCUT2D eigenvalue weighted by molar-refractivity contribution is 5.89. The molecule has 0 unspecified atom stereocenters. The van der Waals surface area contributed by atoms with Crippen LogP contribution in [0.25, 0.3) is 0 Å². The van der Waals surface area contributed by atoms with Crippen molar-refractivity contribution in [2.24, 2.45) is 0 Å². The summed E-state index contributed by atoms with van der Waals surface area (Å²) in [4.78, 5) is 34.6. The molecule has 0 fully saturated rings. The SMILES string of the molecule is C=CC(=O)OC(CC)(OC(=O)C=C)OC(=O)/C(=C/CO)CO. The van der Waals surface area contributed by atoms with Crippen molar-refractivity contribution in [1.29, 1.82) is 0 Å². The summed E-state index contributed by atoms with van der Waals surface area (Å²) in [5.74, 6) is -5.46. The van der Waals surface area contributed by atoms with Crippen LogP contribution in [0.15, 0.2) is 37.0 Å². The lowest BCUT2D eigenvalue weighted by Gasteiger charge is -2.29. The molecule has 2 N–H and O–H groups in total. The summed E-state index contributed by atoms with van der Waals surface area (Å²) >= 11 is 0.